The topological polar surface area (TPSA) is 52.0 Å². The minimum Gasteiger partial charge on any atom is -0.271 e. The Morgan fingerprint density at radius 3 is 2.64 bits per heavy atom. The van der Waals surface area contributed by atoms with Crippen molar-refractivity contribution in [1.82, 2.24) is 9.78 Å². The van der Waals surface area contributed by atoms with Gasteiger partial charge in [0.2, 0.25) is 0 Å². The molecule has 0 aromatic carbocycles. The molecule has 1 rings (SSSR count). The fourth-order valence-corrected chi connectivity index (χ4v) is 2.27. The van der Waals surface area contributed by atoms with Crippen LogP contribution in [0.15, 0.2) is 12.3 Å². The van der Waals surface area contributed by atoms with E-state index in [4.69, 9.17) is 0 Å². The monoisotopic (exact) mass is 328 g/mol. The summed E-state index contributed by atoms with van der Waals surface area (Å²) in [5.74, 6) is 0.155. The Balaban J connectivity index is 2.57. The Morgan fingerprint density at radius 2 is 2.21 bits per heavy atom. The van der Waals surface area contributed by atoms with E-state index >= 15 is 0 Å². The lowest BCUT2D eigenvalue weighted by molar-refractivity contribution is 0.572. The van der Waals surface area contributed by atoms with E-state index in [0.717, 1.165) is 3.70 Å². The molecule has 14 heavy (non-hydrogen) atoms. The lowest BCUT2D eigenvalue weighted by Gasteiger charge is -2.06. The van der Waals surface area contributed by atoms with Crippen molar-refractivity contribution in [1.29, 1.82) is 0 Å². The number of hydrogen-bond acceptors (Lipinski definition) is 3. The molecule has 0 N–H and O–H groups in total. The molecule has 6 heteroatoms. The molecule has 4 nitrogen and oxygen atoms in total. The fraction of sp³-hybridized carbons (Fsp3) is 0.625. The molecule has 1 aromatic heterocycles. The average Bonchev–Trinajstić information content (AvgIpc) is 2.48. The van der Waals surface area contributed by atoms with E-state index in [1.165, 1.54) is 0 Å². The van der Waals surface area contributed by atoms with E-state index in [0.29, 0.717) is 6.54 Å². The largest absolute Gasteiger partial charge is 0.271 e. The lowest BCUT2D eigenvalue weighted by atomic mass is 10.6. The summed E-state index contributed by atoms with van der Waals surface area (Å²) in [4.78, 5) is 0. The molecule has 0 atom stereocenters. The highest BCUT2D eigenvalue weighted by Crippen LogP contribution is 2.03. The van der Waals surface area contributed by atoms with Gasteiger partial charge in [-0.15, -0.1) is 0 Å². The summed E-state index contributed by atoms with van der Waals surface area (Å²) in [7, 11) is -2.95. The third-order valence-electron chi connectivity index (χ3n) is 1.93. The van der Waals surface area contributed by atoms with Crippen molar-refractivity contribution in [3.05, 3.63) is 16.0 Å². The maximum atomic E-state index is 11.5. The van der Waals surface area contributed by atoms with Gasteiger partial charge in [-0.2, -0.15) is 5.10 Å². The van der Waals surface area contributed by atoms with E-state index in [9.17, 15) is 8.42 Å². The molecule has 0 aliphatic rings. The van der Waals surface area contributed by atoms with Gasteiger partial charge in [0.1, 0.15) is 3.70 Å². The van der Waals surface area contributed by atoms with Gasteiger partial charge < -0.3 is 0 Å². The standard InChI is InChI=1S/C8H13IN2O2S/c1-7(2)14(12,13)6-5-11-4-3-8(9)10-11/h3-4,7H,5-6H2,1-2H3. The highest BCUT2D eigenvalue weighted by Gasteiger charge is 2.15. The second-order valence-corrected chi connectivity index (χ2v) is 7.10. The summed E-state index contributed by atoms with van der Waals surface area (Å²) in [5, 5.41) is 3.80. The Morgan fingerprint density at radius 1 is 1.57 bits per heavy atom. The first-order valence-electron chi connectivity index (χ1n) is 4.32. The second-order valence-electron chi connectivity index (χ2n) is 3.32. The highest BCUT2D eigenvalue weighted by atomic mass is 127. The zero-order valence-electron chi connectivity index (χ0n) is 8.14. The van der Waals surface area contributed by atoms with E-state index in [-0.39, 0.29) is 11.0 Å². The molecular formula is C8H13IN2O2S. The van der Waals surface area contributed by atoms with Gasteiger partial charge in [0.05, 0.1) is 17.5 Å². The van der Waals surface area contributed by atoms with Gasteiger partial charge in [-0.3, -0.25) is 4.68 Å². The van der Waals surface area contributed by atoms with Crippen LogP contribution in [0.4, 0.5) is 0 Å². The van der Waals surface area contributed by atoms with E-state index in [1.54, 1.807) is 24.7 Å². The molecule has 0 aliphatic heterocycles. The van der Waals surface area contributed by atoms with Gasteiger partial charge in [0, 0.05) is 6.20 Å². The van der Waals surface area contributed by atoms with Crippen LogP contribution in [0.2, 0.25) is 0 Å². The summed E-state index contributed by atoms with van der Waals surface area (Å²) in [6.07, 6.45) is 1.79. The zero-order valence-corrected chi connectivity index (χ0v) is 11.1. The van der Waals surface area contributed by atoms with Crippen LogP contribution in [0, 0.1) is 3.70 Å². The molecule has 1 heterocycles. The van der Waals surface area contributed by atoms with Crippen molar-refractivity contribution < 1.29 is 8.42 Å². The van der Waals surface area contributed by atoms with Gasteiger partial charge in [0.25, 0.3) is 0 Å². The lowest BCUT2D eigenvalue weighted by Crippen LogP contribution is -2.21. The Labute approximate surface area is 97.8 Å². The van der Waals surface area contributed by atoms with Crippen LogP contribution in [0.1, 0.15) is 13.8 Å². The van der Waals surface area contributed by atoms with Crippen LogP contribution in [0.3, 0.4) is 0 Å². The number of nitrogens with zero attached hydrogens (tertiary/aromatic N) is 2. The summed E-state index contributed by atoms with van der Waals surface area (Å²) >= 11 is 2.09. The predicted octanol–water partition coefficient (Wildman–Crippen LogP) is 1.31. The fourth-order valence-electron chi connectivity index (χ4n) is 0.918. The van der Waals surface area contributed by atoms with E-state index in [1.807, 2.05) is 6.07 Å². The van der Waals surface area contributed by atoms with Gasteiger partial charge >= 0.3 is 0 Å². The molecule has 0 amide bonds. The number of aryl methyl sites for hydroxylation is 1. The van der Waals surface area contributed by atoms with E-state index < -0.39 is 9.84 Å². The molecule has 0 radical (unpaired) electrons. The Bertz CT molecular complexity index is 397. The average molecular weight is 328 g/mol. The maximum Gasteiger partial charge on any atom is 0.154 e. The molecule has 0 saturated carbocycles. The molecule has 0 fully saturated rings. The molecule has 0 spiro atoms. The predicted molar refractivity (Wildman–Crippen MR) is 63.9 cm³/mol. The SMILES string of the molecule is CC(C)S(=O)(=O)CCn1ccc(I)n1. The van der Waals surface area contributed by atoms with Crippen LogP contribution < -0.4 is 0 Å². The first kappa shape index (κ1) is 12.0. The first-order chi connectivity index (χ1) is 6.42. The summed E-state index contributed by atoms with van der Waals surface area (Å²) < 4.78 is 25.5. The van der Waals surface area contributed by atoms with Gasteiger partial charge in [-0.25, -0.2) is 8.42 Å². The molecule has 0 unspecified atom stereocenters. The summed E-state index contributed by atoms with van der Waals surface area (Å²) in [5.41, 5.74) is 0. The smallest absolute Gasteiger partial charge is 0.154 e. The van der Waals surface area contributed by atoms with Gasteiger partial charge in [-0.05, 0) is 42.5 Å². The van der Waals surface area contributed by atoms with E-state index in [2.05, 4.69) is 27.7 Å². The third kappa shape index (κ3) is 3.23. The zero-order chi connectivity index (χ0) is 10.8. The molecule has 80 valence electrons. The normalized spacial score (nSPS) is 12.3. The van der Waals surface area contributed by atoms with Crippen molar-refractivity contribution in [2.75, 3.05) is 5.75 Å². The molecule has 1 aromatic rings. The highest BCUT2D eigenvalue weighted by molar-refractivity contribution is 14.1. The minimum atomic E-state index is -2.95. The summed E-state index contributed by atoms with van der Waals surface area (Å²) in [6, 6.07) is 1.85. The maximum absolute atomic E-state index is 11.5. The van der Waals surface area contributed by atoms with Gasteiger partial charge in [0.15, 0.2) is 9.84 Å². The van der Waals surface area contributed by atoms with Crippen LogP contribution in [-0.4, -0.2) is 29.2 Å². The van der Waals surface area contributed by atoms with Crippen LogP contribution in [0.5, 0.6) is 0 Å². The van der Waals surface area contributed by atoms with Crippen LogP contribution >= 0.6 is 22.6 Å². The Hall–Kier alpha value is -0.110. The second kappa shape index (κ2) is 4.61. The van der Waals surface area contributed by atoms with Gasteiger partial charge in [-0.1, -0.05) is 0 Å². The van der Waals surface area contributed by atoms with Crippen molar-refractivity contribution in [3.8, 4) is 0 Å². The minimum absolute atomic E-state index is 0.155. The van der Waals surface area contributed by atoms with Crippen LogP contribution in [-0.2, 0) is 16.4 Å². The first-order valence-corrected chi connectivity index (χ1v) is 7.12. The van der Waals surface area contributed by atoms with Crippen molar-refractivity contribution in [3.63, 3.8) is 0 Å². The molecule has 0 bridgehead atoms. The number of sulfone groups is 1. The Kier molecular flexibility index (Phi) is 3.94. The number of hydrogen-bond donors (Lipinski definition) is 0. The number of rotatable bonds is 4. The summed E-state index contributed by atoms with van der Waals surface area (Å²) in [6.45, 7) is 3.83. The van der Waals surface area contributed by atoms with Crippen molar-refractivity contribution >= 4 is 32.4 Å². The quantitative estimate of drug-likeness (QED) is 0.783. The molecule has 0 aliphatic carbocycles. The number of aromatic nitrogens is 2. The van der Waals surface area contributed by atoms with Crippen molar-refractivity contribution in [2.24, 2.45) is 0 Å². The third-order valence-corrected chi connectivity index (χ3v) is 4.69. The van der Waals surface area contributed by atoms with Crippen LogP contribution in [0.25, 0.3) is 0 Å². The number of halogens is 1. The molecule has 0 saturated heterocycles. The molecular weight excluding hydrogens is 315 g/mol. The van der Waals surface area contributed by atoms with Crippen molar-refractivity contribution in [2.45, 2.75) is 25.6 Å².